The average molecular weight is 276 g/mol. The third kappa shape index (κ3) is 3.38. The maximum absolute atomic E-state index is 11.5. The number of aromatic nitrogens is 2. The van der Waals surface area contributed by atoms with Crippen molar-refractivity contribution in [2.45, 2.75) is 24.4 Å². The Hall–Kier alpha value is -1.75. The molecule has 0 amide bonds. The van der Waals surface area contributed by atoms with Crippen LogP contribution in [0.2, 0.25) is 0 Å². The fourth-order valence-electron chi connectivity index (χ4n) is 1.73. The highest BCUT2D eigenvalue weighted by Crippen LogP contribution is 2.21. The zero-order valence-corrected chi connectivity index (χ0v) is 11.8. The number of thioether (sulfide) groups is 1. The predicted molar refractivity (Wildman–Crippen MR) is 75.2 cm³/mol. The van der Waals surface area contributed by atoms with Crippen molar-refractivity contribution < 1.29 is 9.53 Å². The number of benzene rings is 1. The molecular formula is C14H16N2O2S. The van der Waals surface area contributed by atoms with Crippen molar-refractivity contribution in [3.05, 3.63) is 47.8 Å². The minimum Gasteiger partial charge on any atom is -0.465 e. The van der Waals surface area contributed by atoms with E-state index < -0.39 is 0 Å². The number of hydrogen-bond donors (Lipinski definition) is 0. The second-order valence-corrected chi connectivity index (χ2v) is 4.92. The standard InChI is InChI=1S/C14H16N2O2S/c1-3-16-8-7-15-14(16)19-10-11-5-4-6-12(9-11)13(17)18-2/h4-9H,3,10H2,1-2H3. The number of carbonyl (C=O) groups excluding carboxylic acids is 1. The van der Waals surface area contributed by atoms with Gasteiger partial charge in [0.1, 0.15) is 0 Å². The Labute approximate surface area is 116 Å². The van der Waals surface area contributed by atoms with E-state index in [1.165, 1.54) is 7.11 Å². The van der Waals surface area contributed by atoms with Gasteiger partial charge in [-0.3, -0.25) is 0 Å². The summed E-state index contributed by atoms with van der Waals surface area (Å²) in [4.78, 5) is 15.8. The van der Waals surface area contributed by atoms with Gasteiger partial charge in [0, 0.05) is 24.7 Å². The Morgan fingerprint density at radius 1 is 1.47 bits per heavy atom. The van der Waals surface area contributed by atoms with E-state index >= 15 is 0 Å². The highest BCUT2D eigenvalue weighted by atomic mass is 32.2. The highest BCUT2D eigenvalue weighted by Gasteiger charge is 2.07. The highest BCUT2D eigenvalue weighted by molar-refractivity contribution is 7.98. The zero-order chi connectivity index (χ0) is 13.7. The molecule has 0 spiro atoms. The van der Waals surface area contributed by atoms with Gasteiger partial charge in [-0.15, -0.1) is 0 Å². The molecule has 1 aromatic heterocycles. The van der Waals surface area contributed by atoms with Gasteiger partial charge in [-0.05, 0) is 24.6 Å². The molecule has 2 aromatic rings. The molecule has 100 valence electrons. The molecule has 0 saturated carbocycles. The first-order valence-electron chi connectivity index (χ1n) is 6.05. The Balaban J connectivity index is 2.05. The number of aryl methyl sites for hydroxylation is 1. The van der Waals surface area contributed by atoms with Crippen molar-refractivity contribution >= 4 is 17.7 Å². The lowest BCUT2D eigenvalue weighted by Gasteiger charge is -2.05. The lowest BCUT2D eigenvalue weighted by molar-refractivity contribution is 0.0600. The molecule has 2 rings (SSSR count). The number of rotatable bonds is 5. The molecular weight excluding hydrogens is 260 g/mol. The van der Waals surface area contributed by atoms with E-state index in [4.69, 9.17) is 4.74 Å². The van der Waals surface area contributed by atoms with Gasteiger partial charge in [0.25, 0.3) is 0 Å². The van der Waals surface area contributed by atoms with Crippen LogP contribution in [-0.2, 0) is 17.0 Å². The molecule has 0 unspecified atom stereocenters. The number of carbonyl (C=O) groups is 1. The van der Waals surface area contributed by atoms with Crippen molar-refractivity contribution in [2.75, 3.05) is 7.11 Å². The Bertz CT molecular complexity index is 566. The van der Waals surface area contributed by atoms with Crippen LogP contribution in [0.1, 0.15) is 22.8 Å². The smallest absolute Gasteiger partial charge is 0.337 e. The van der Waals surface area contributed by atoms with E-state index in [1.54, 1.807) is 24.0 Å². The first-order chi connectivity index (χ1) is 9.24. The molecule has 0 aliphatic rings. The molecule has 0 N–H and O–H groups in total. The van der Waals surface area contributed by atoms with Crippen molar-refractivity contribution in [3.8, 4) is 0 Å². The summed E-state index contributed by atoms with van der Waals surface area (Å²) in [5, 5.41) is 0.992. The molecule has 1 heterocycles. The summed E-state index contributed by atoms with van der Waals surface area (Å²) < 4.78 is 6.81. The van der Waals surface area contributed by atoms with Crippen LogP contribution in [0.5, 0.6) is 0 Å². The van der Waals surface area contributed by atoms with Gasteiger partial charge in [0.05, 0.1) is 12.7 Å². The summed E-state index contributed by atoms with van der Waals surface area (Å²) in [5.41, 5.74) is 1.66. The number of nitrogens with zero attached hydrogens (tertiary/aromatic N) is 2. The molecule has 0 aliphatic carbocycles. The molecule has 19 heavy (non-hydrogen) atoms. The summed E-state index contributed by atoms with van der Waals surface area (Å²) in [6.45, 7) is 2.99. The van der Waals surface area contributed by atoms with E-state index in [1.807, 2.05) is 24.4 Å². The summed E-state index contributed by atoms with van der Waals surface area (Å²) in [6, 6.07) is 7.48. The molecule has 0 saturated heterocycles. The molecule has 0 atom stereocenters. The molecule has 0 aliphatic heterocycles. The van der Waals surface area contributed by atoms with Crippen LogP contribution in [-0.4, -0.2) is 22.6 Å². The van der Waals surface area contributed by atoms with Crippen LogP contribution < -0.4 is 0 Å². The molecule has 5 heteroatoms. The van der Waals surface area contributed by atoms with E-state index in [-0.39, 0.29) is 5.97 Å². The summed E-state index contributed by atoms with van der Waals surface area (Å²) >= 11 is 1.66. The third-order valence-corrected chi connectivity index (χ3v) is 3.81. The fraction of sp³-hybridized carbons (Fsp3) is 0.286. The lowest BCUT2D eigenvalue weighted by Crippen LogP contribution is -2.01. The second-order valence-electron chi connectivity index (χ2n) is 3.98. The summed E-state index contributed by atoms with van der Waals surface area (Å²) in [5.74, 6) is 0.476. The SMILES string of the molecule is CCn1ccnc1SCc1cccc(C(=O)OC)c1. The van der Waals surface area contributed by atoms with E-state index in [0.717, 1.165) is 23.0 Å². The van der Waals surface area contributed by atoms with Gasteiger partial charge in [-0.25, -0.2) is 9.78 Å². The number of methoxy groups -OCH3 is 1. The van der Waals surface area contributed by atoms with E-state index in [9.17, 15) is 4.79 Å². The zero-order valence-electron chi connectivity index (χ0n) is 11.0. The maximum atomic E-state index is 11.5. The largest absolute Gasteiger partial charge is 0.465 e. The van der Waals surface area contributed by atoms with Gasteiger partial charge >= 0.3 is 5.97 Å². The van der Waals surface area contributed by atoms with Crippen LogP contribution in [0.25, 0.3) is 0 Å². The Morgan fingerprint density at radius 2 is 2.32 bits per heavy atom. The topological polar surface area (TPSA) is 44.1 Å². The summed E-state index contributed by atoms with van der Waals surface area (Å²) in [7, 11) is 1.39. The summed E-state index contributed by atoms with van der Waals surface area (Å²) in [6.07, 6.45) is 3.77. The second kappa shape index (κ2) is 6.43. The minimum absolute atomic E-state index is 0.304. The molecule has 0 fully saturated rings. The van der Waals surface area contributed by atoms with Crippen molar-refractivity contribution in [1.29, 1.82) is 0 Å². The Kier molecular flexibility index (Phi) is 4.63. The lowest BCUT2D eigenvalue weighted by atomic mass is 10.1. The molecule has 0 radical (unpaired) electrons. The number of ether oxygens (including phenoxy) is 1. The van der Waals surface area contributed by atoms with Crippen LogP contribution in [0.3, 0.4) is 0 Å². The van der Waals surface area contributed by atoms with Gasteiger partial charge in [-0.1, -0.05) is 23.9 Å². The van der Waals surface area contributed by atoms with Crippen molar-refractivity contribution in [3.63, 3.8) is 0 Å². The number of esters is 1. The molecule has 1 aromatic carbocycles. The van der Waals surface area contributed by atoms with Crippen LogP contribution >= 0.6 is 11.8 Å². The van der Waals surface area contributed by atoms with Crippen LogP contribution in [0.15, 0.2) is 41.8 Å². The van der Waals surface area contributed by atoms with Crippen molar-refractivity contribution in [2.24, 2.45) is 0 Å². The average Bonchev–Trinajstić information content (AvgIpc) is 2.92. The van der Waals surface area contributed by atoms with E-state index in [0.29, 0.717) is 5.56 Å². The number of imidazole rings is 1. The predicted octanol–water partition coefficient (Wildman–Crippen LogP) is 2.98. The fourth-order valence-corrected chi connectivity index (χ4v) is 2.70. The maximum Gasteiger partial charge on any atom is 0.337 e. The molecule has 0 bridgehead atoms. The normalized spacial score (nSPS) is 10.4. The van der Waals surface area contributed by atoms with E-state index in [2.05, 4.69) is 16.5 Å². The van der Waals surface area contributed by atoms with Gasteiger partial charge in [-0.2, -0.15) is 0 Å². The van der Waals surface area contributed by atoms with Gasteiger partial charge in [0.15, 0.2) is 5.16 Å². The molecule has 4 nitrogen and oxygen atoms in total. The van der Waals surface area contributed by atoms with Gasteiger partial charge in [0.2, 0.25) is 0 Å². The first-order valence-corrected chi connectivity index (χ1v) is 7.04. The Morgan fingerprint density at radius 3 is 3.05 bits per heavy atom. The third-order valence-electron chi connectivity index (χ3n) is 2.73. The van der Waals surface area contributed by atoms with Crippen molar-refractivity contribution in [1.82, 2.24) is 9.55 Å². The first kappa shape index (κ1) is 13.7. The van der Waals surface area contributed by atoms with Crippen LogP contribution in [0.4, 0.5) is 0 Å². The quantitative estimate of drug-likeness (QED) is 0.622. The monoisotopic (exact) mass is 276 g/mol. The number of hydrogen-bond acceptors (Lipinski definition) is 4. The van der Waals surface area contributed by atoms with Gasteiger partial charge < -0.3 is 9.30 Å². The van der Waals surface area contributed by atoms with Crippen LogP contribution in [0, 0.1) is 0 Å². The minimum atomic E-state index is -0.304.